The van der Waals surface area contributed by atoms with E-state index in [2.05, 4.69) is 16.0 Å². The molecule has 8 heteroatoms. The van der Waals surface area contributed by atoms with Gasteiger partial charge in [0, 0.05) is 21.8 Å². The minimum Gasteiger partial charge on any atom is -0.325 e. The van der Waals surface area contributed by atoms with E-state index in [-0.39, 0.29) is 17.5 Å². The van der Waals surface area contributed by atoms with Crippen molar-refractivity contribution in [3.05, 3.63) is 167 Å². The summed E-state index contributed by atoms with van der Waals surface area (Å²) in [4.78, 5) is 41.0. The first-order valence-corrected chi connectivity index (χ1v) is 16.4. The molecule has 46 heavy (non-hydrogen) atoms. The van der Waals surface area contributed by atoms with Gasteiger partial charge in [0.15, 0.2) is 0 Å². The summed E-state index contributed by atoms with van der Waals surface area (Å²) in [5.74, 6) is -1.01. The Kier molecular flexibility index (Phi) is 9.68. The number of benzene rings is 5. The van der Waals surface area contributed by atoms with E-state index in [4.69, 9.17) is 0 Å². The van der Waals surface area contributed by atoms with Gasteiger partial charge in [-0.15, -0.1) is 11.8 Å². The molecule has 5 aromatic carbocycles. The molecule has 1 heterocycles. The Labute approximate surface area is 275 Å². The zero-order chi connectivity index (χ0) is 31.7. The van der Waals surface area contributed by atoms with Gasteiger partial charge in [-0.25, -0.2) is 0 Å². The molecule has 1 atom stereocenters. The van der Waals surface area contributed by atoms with Gasteiger partial charge in [-0.05, 0) is 87.3 Å². The Bertz CT molecular complexity index is 2010. The van der Waals surface area contributed by atoms with Crippen molar-refractivity contribution in [1.82, 2.24) is 5.32 Å². The number of nitrogens with one attached hydrogen (secondary N) is 3. The highest BCUT2D eigenvalue weighted by molar-refractivity contribution is 8.00. The average Bonchev–Trinajstić information content (AvgIpc) is 3.61. The summed E-state index contributed by atoms with van der Waals surface area (Å²) in [6, 6.07) is 41.4. The van der Waals surface area contributed by atoms with Gasteiger partial charge in [-0.1, -0.05) is 84.9 Å². The lowest BCUT2D eigenvalue weighted by Gasteiger charge is -2.18. The van der Waals surface area contributed by atoms with Crippen LogP contribution in [0.4, 0.5) is 11.4 Å². The first kappa shape index (κ1) is 30.6. The quantitative estimate of drug-likeness (QED) is 0.103. The standard InChI is InChI=1S/C38H29N3O3S2/c42-36(29-13-5-2-6-14-29)41-34(22-26-20-21-45-25-26)37(43)39-31-16-9-17-33(24-31)46-35(28-11-3-1-4-12-28)38(44)40-32-19-18-27-10-7-8-15-30(27)23-32/h1-25,35H,(H,39,43)(H,40,44)(H,41,42)/b34-22-. The molecule has 1 aromatic heterocycles. The van der Waals surface area contributed by atoms with Gasteiger partial charge in [0.25, 0.3) is 11.8 Å². The Hall–Kier alpha value is -5.44. The summed E-state index contributed by atoms with van der Waals surface area (Å²) < 4.78 is 0. The molecule has 0 spiro atoms. The molecule has 0 saturated heterocycles. The number of amides is 3. The predicted molar refractivity (Wildman–Crippen MR) is 189 cm³/mol. The lowest BCUT2D eigenvalue weighted by molar-refractivity contribution is -0.116. The number of hydrogen-bond donors (Lipinski definition) is 3. The number of carbonyl (C=O) groups is 3. The van der Waals surface area contributed by atoms with Crippen molar-refractivity contribution in [2.24, 2.45) is 0 Å². The highest BCUT2D eigenvalue weighted by atomic mass is 32.2. The van der Waals surface area contributed by atoms with Crippen molar-refractivity contribution in [2.45, 2.75) is 10.1 Å². The summed E-state index contributed by atoms with van der Waals surface area (Å²) in [6.45, 7) is 0. The Morgan fingerprint density at radius 3 is 2.15 bits per heavy atom. The van der Waals surface area contributed by atoms with Gasteiger partial charge in [0.05, 0.1) is 0 Å². The van der Waals surface area contributed by atoms with Crippen LogP contribution in [0.3, 0.4) is 0 Å². The molecule has 3 amide bonds. The van der Waals surface area contributed by atoms with Gasteiger partial charge >= 0.3 is 0 Å². The fraction of sp³-hybridized carbons (Fsp3) is 0.0263. The normalized spacial score (nSPS) is 11.9. The van der Waals surface area contributed by atoms with E-state index < -0.39 is 11.2 Å². The highest BCUT2D eigenvalue weighted by Crippen LogP contribution is 2.37. The molecule has 6 rings (SSSR count). The van der Waals surface area contributed by atoms with E-state index in [1.54, 1.807) is 36.4 Å². The van der Waals surface area contributed by atoms with Crippen molar-refractivity contribution >= 4 is 69.0 Å². The Morgan fingerprint density at radius 1 is 0.674 bits per heavy atom. The van der Waals surface area contributed by atoms with Crippen molar-refractivity contribution in [3.63, 3.8) is 0 Å². The second-order valence-electron chi connectivity index (χ2n) is 10.4. The third kappa shape index (κ3) is 7.79. The number of thioether (sulfide) groups is 1. The molecule has 0 fully saturated rings. The van der Waals surface area contributed by atoms with Gasteiger partial charge in [-0.3, -0.25) is 14.4 Å². The highest BCUT2D eigenvalue weighted by Gasteiger charge is 2.23. The van der Waals surface area contributed by atoms with Gasteiger partial charge in [0.1, 0.15) is 10.9 Å². The maximum absolute atomic E-state index is 13.7. The van der Waals surface area contributed by atoms with Gasteiger partial charge in [-0.2, -0.15) is 11.3 Å². The minimum atomic E-state index is -0.558. The number of rotatable bonds is 10. The minimum absolute atomic E-state index is 0.113. The molecule has 1 unspecified atom stereocenters. The summed E-state index contributed by atoms with van der Waals surface area (Å²) in [6.07, 6.45) is 1.65. The topological polar surface area (TPSA) is 87.3 Å². The zero-order valence-electron chi connectivity index (χ0n) is 24.6. The molecule has 6 aromatic rings. The molecule has 0 bridgehead atoms. The molecule has 6 nitrogen and oxygen atoms in total. The summed E-state index contributed by atoms with van der Waals surface area (Å²) in [5.41, 5.74) is 3.46. The van der Waals surface area contributed by atoms with E-state index in [0.717, 1.165) is 26.8 Å². The van der Waals surface area contributed by atoms with Crippen LogP contribution in [0.25, 0.3) is 16.8 Å². The van der Waals surface area contributed by atoms with E-state index in [1.807, 2.05) is 114 Å². The lowest BCUT2D eigenvalue weighted by atomic mass is 10.1. The number of thiophene rings is 1. The van der Waals surface area contributed by atoms with Crippen LogP contribution in [0.2, 0.25) is 0 Å². The summed E-state index contributed by atoms with van der Waals surface area (Å²) in [5, 5.41) is 14.2. The fourth-order valence-corrected chi connectivity index (χ4v) is 6.53. The molecule has 226 valence electrons. The number of fused-ring (bicyclic) bond motifs is 1. The largest absolute Gasteiger partial charge is 0.325 e. The summed E-state index contributed by atoms with van der Waals surface area (Å²) >= 11 is 2.88. The van der Waals surface area contributed by atoms with Crippen LogP contribution in [0.15, 0.2) is 155 Å². The van der Waals surface area contributed by atoms with Crippen LogP contribution in [0.1, 0.15) is 26.7 Å². The van der Waals surface area contributed by atoms with Crippen LogP contribution in [0.5, 0.6) is 0 Å². The second-order valence-corrected chi connectivity index (χ2v) is 12.3. The van der Waals surface area contributed by atoms with Crippen LogP contribution < -0.4 is 16.0 Å². The lowest BCUT2D eigenvalue weighted by Crippen LogP contribution is -2.30. The van der Waals surface area contributed by atoms with Crippen LogP contribution >= 0.6 is 23.1 Å². The maximum atomic E-state index is 13.7. The number of anilines is 2. The molecule has 3 N–H and O–H groups in total. The molecule has 0 saturated carbocycles. The number of hydrogen-bond acceptors (Lipinski definition) is 5. The van der Waals surface area contributed by atoms with Crippen molar-refractivity contribution < 1.29 is 14.4 Å². The van der Waals surface area contributed by atoms with E-state index in [0.29, 0.717) is 16.9 Å². The molecule has 0 aliphatic heterocycles. The molecule has 0 aliphatic carbocycles. The zero-order valence-corrected chi connectivity index (χ0v) is 26.2. The maximum Gasteiger partial charge on any atom is 0.272 e. The third-order valence-corrected chi connectivity index (χ3v) is 9.04. The van der Waals surface area contributed by atoms with Crippen LogP contribution in [-0.4, -0.2) is 17.7 Å². The first-order valence-electron chi connectivity index (χ1n) is 14.5. The Morgan fingerprint density at radius 2 is 1.39 bits per heavy atom. The first-order chi connectivity index (χ1) is 22.5. The average molecular weight is 640 g/mol. The van der Waals surface area contributed by atoms with E-state index in [1.165, 1.54) is 23.1 Å². The SMILES string of the molecule is O=C(Nc1cccc(SC(C(=O)Nc2ccc3ccccc3c2)c2ccccc2)c1)/C(=C/c1ccsc1)NC(=O)c1ccccc1. The predicted octanol–water partition coefficient (Wildman–Crippen LogP) is 8.78. The molecule has 0 aliphatic rings. The van der Waals surface area contributed by atoms with Crippen LogP contribution in [0, 0.1) is 0 Å². The Balaban J connectivity index is 1.21. The molecule has 0 radical (unpaired) electrons. The van der Waals surface area contributed by atoms with Crippen LogP contribution in [-0.2, 0) is 9.59 Å². The van der Waals surface area contributed by atoms with Gasteiger partial charge in [0.2, 0.25) is 5.91 Å². The molecular formula is C38H29N3O3S2. The second kappa shape index (κ2) is 14.6. The van der Waals surface area contributed by atoms with Crippen molar-refractivity contribution in [2.75, 3.05) is 10.6 Å². The monoisotopic (exact) mass is 639 g/mol. The van der Waals surface area contributed by atoms with Gasteiger partial charge < -0.3 is 16.0 Å². The van der Waals surface area contributed by atoms with E-state index >= 15 is 0 Å². The smallest absolute Gasteiger partial charge is 0.272 e. The van der Waals surface area contributed by atoms with Crippen molar-refractivity contribution in [1.29, 1.82) is 0 Å². The molecular weight excluding hydrogens is 611 g/mol. The fourth-order valence-electron chi connectivity index (χ4n) is 4.82. The third-order valence-electron chi connectivity index (χ3n) is 7.09. The number of carbonyl (C=O) groups excluding carboxylic acids is 3. The van der Waals surface area contributed by atoms with Crippen molar-refractivity contribution in [3.8, 4) is 0 Å². The van der Waals surface area contributed by atoms with E-state index in [9.17, 15) is 14.4 Å². The summed E-state index contributed by atoms with van der Waals surface area (Å²) in [7, 11) is 0.